The van der Waals surface area contributed by atoms with Gasteiger partial charge in [0.1, 0.15) is 0 Å². The van der Waals surface area contributed by atoms with E-state index >= 15 is 0 Å². The summed E-state index contributed by atoms with van der Waals surface area (Å²) in [6, 6.07) is 15.5. The maximum absolute atomic E-state index is 9.21. The highest BCUT2D eigenvalue weighted by Crippen LogP contribution is 2.54. The number of rotatable bonds is 7. The normalized spacial score (nSPS) is 15.1. The van der Waals surface area contributed by atoms with E-state index in [0.717, 1.165) is 5.56 Å². The van der Waals surface area contributed by atoms with Crippen molar-refractivity contribution in [1.29, 1.82) is 0 Å². The minimum absolute atomic E-state index is 0.101. The van der Waals surface area contributed by atoms with Crippen molar-refractivity contribution < 1.29 is 5.21 Å². The Balaban J connectivity index is 2.22. The van der Waals surface area contributed by atoms with Crippen molar-refractivity contribution in [3.63, 3.8) is 0 Å². The van der Waals surface area contributed by atoms with E-state index in [1.807, 2.05) is 6.92 Å². The molecule has 0 saturated carbocycles. The Morgan fingerprint density at radius 3 is 2.20 bits per heavy atom. The average molecular weight is 335 g/mol. The van der Waals surface area contributed by atoms with Crippen LogP contribution in [0.2, 0.25) is 0 Å². The largest absolute Gasteiger partial charge is 0.411 e. The van der Waals surface area contributed by atoms with E-state index < -0.39 is 0 Å². The van der Waals surface area contributed by atoms with Crippen LogP contribution >= 0.6 is 0 Å². The molecule has 0 radical (unpaired) electrons. The Labute approximate surface area is 151 Å². The summed E-state index contributed by atoms with van der Waals surface area (Å²) in [5, 5.41) is 12.6. The Bertz CT molecular complexity index is 767. The summed E-state index contributed by atoms with van der Waals surface area (Å²) < 4.78 is 0. The third kappa shape index (κ3) is 2.99. The van der Waals surface area contributed by atoms with Crippen LogP contribution in [0.25, 0.3) is 11.1 Å². The lowest BCUT2D eigenvalue weighted by Crippen LogP contribution is -2.25. The maximum Gasteiger partial charge on any atom is 0.0837 e. The quantitative estimate of drug-likeness (QED) is 0.348. The van der Waals surface area contributed by atoms with E-state index in [-0.39, 0.29) is 5.41 Å². The summed E-state index contributed by atoms with van der Waals surface area (Å²) in [7, 11) is 0. The molecule has 2 aromatic carbocycles. The highest BCUT2D eigenvalue weighted by atomic mass is 16.4. The lowest BCUT2D eigenvalue weighted by atomic mass is 9.70. The highest BCUT2D eigenvalue weighted by Gasteiger charge is 2.41. The van der Waals surface area contributed by atoms with Crippen LogP contribution in [0, 0.1) is 0 Å². The molecular formula is C23H29NO. The van der Waals surface area contributed by atoms with Gasteiger partial charge >= 0.3 is 0 Å². The van der Waals surface area contributed by atoms with E-state index in [1.54, 1.807) is 0 Å². The standard InChI is InChI=1S/C23H29NO/c1-4-6-14-23(15-7-5-2)21-11-9-8-10-19(21)20-13-12-18(16-22(20)23)17(3)24-25/h8-13,16,25H,4-7,14-15H2,1-3H3/b24-17+. The van der Waals surface area contributed by atoms with Crippen molar-refractivity contribution in [3.8, 4) is 11.1 Å². The lowest BCUT2D eigenvalue weighted by molar-refractivity contribution is 0.319. The van der Waals surface area contributed by atoms with Crippen molar-refractivity contribution in [2.45, 2.75) is 64.7 Å². The van der Waals surface area contributed by atoms with Gasteiger partial charge in [-0.1, -0.05) is 81.1 Å². The third-order valence-corrected chi connectivity index (χ3v) is 5.75. The fourth-order valence-corrected chi connectivity index (χ4v) is 4.36. The summed E-state index contributed by atoms with van der Waals surface area (Å²) in [6.45, 7) is 6.41. The fourth-order valence-electron chi connectivity index (χ4n) is 4.36. The van der Waals surface area contributed by atoms with Crippen LogP contribution in [-0.2, 0) is 5.41 Å². The molecule has 1 aliphatic carbocycles. The molecule has 1 aliphatic rings. The molecule has 0 heterocycles. The van der Waals surface area contributed by atoms with E-state index in [4.69, 9.17) is 0 Å². The summed E-state index contributed by atoms with van der Waals surface area (Å²) in [5.74, 6) is 0. The number of hydrogen-bond donors (Lipinski definition) is 1. The molecule has 0 saturated heterocycles. The van der Waals surface area contributed by atoms with Gasteiger partial charge in [0, 0.05) is 5.41 Å². The molecule has 3 rings (SSSR count). The van der Waals surface area contributed by atoms with Crippen molar-refractivity contribution in [1.82, 2.24) is 0 Å². The molecule has 0 unspecified atom stereocenters. The smallest absolute Gasteiger partial charge is 0.0837 e. The summed E-state index contributed by atoms with van der Waals surface area (Å²) >= 11 is 0. The zero-order valence-electron chi connectivity index (χ0n) is 15.7. The van der Waals surface area contributed by atoms with Gasteiger partial charge in [-0.15, -0.1) is 0 Å². The van der Waals surface area contributed by atoms with Gasteiger partial charge in [-0.2, -0.15) is 0 Å². The monoisotopic (exact) mass is 335 g/mol. The van der Waals surface area contributed by atoms with Gasteiger partial charge in [-0.3, -0.25) is 0 Å². The van der Waals surface area contributed by atoms with Crippen LogP contribution in [0.5, 0.6) is 0 Å². The Hall–Kier alpha value is -2.09. The molecule has 0 bridgehead atoms. The molecular weight excluding hydrogens is 306 g/mol. The van der Waals surface area contributed by atoms with Gasteiger partial charge in [-0.25, -0.2) is 0 Å². The number of nitrogens with zero attached hydrogens (tertiary/aromatic N) is 1. The fraction of sp³-hybridized carbons (Fsp3) is 0.435. The molecule has 1 N–H and O–H groups in total. The summed E-state index contributed by atoms with van der Waals surface area (Å²) in [5.41, 5.74) is 7.46. The summed E-state index contributed by atoms with van der Waals surface area (Å²) in [4.78, 5) is 0. The average Bonchev–Trinajstić information content (AvgIpc) is 2.94. The molecule has 132 valence electrons. The third-order valence-electron chi connectivity index (χ3n) is 5.75. The first-order valence-corrected chi connectivity index (χ1v) is 9.61. The van der Waals surface area contributed by atoms with Crippen LogP contribution in [-0.4, -0.2) is 10.9 Å². The zero-order chi connectivity index (χ0) is 17.9. The molecule has 2 nitrogen and oxygen atoms in total. The van der Waals surface area contributed by atoms with Gasteiger partial charge in [0.05, 0.1) is 5.71 Å². The van der Waals surface area contributed by atoms with Crippen molar-refractivity contribution in [2.75, 3.05) is 0 Å². The number of fused-ring (bicyclic) bond motifs is 3. The van der Waals surface area contributed by atoms with E-state index in [9.17, 15) is 5.21 Å². The number of unbranched alkanes of at least 4 members (excludes halogenated alkanes) is 2. The van der Waals surface area contributed by atoms with Crippen LogP contribution in [0.1, 0.15) is 76.0 Å². The first-order chi connectivity index (χ1) is 12.2. The second-order valence-corrected chi connectivity index (χ2v) is 7.28. The van der Waals surface area contributed by atoms with Gasteiger partial charge in [0.2, 0.25) is 0 Å². The first-order valence-electron chi connectivity index (χ1n) is 9.61. The van der Waals surface area contributed by atoms with Crippen molar-refractivity contribution in [3.05, 3.63) is 59.2 Å². The molecule has 25 heavy (non-hydrogen) atoms. The zero-order valence-corrected chi connectivity index (χ0v) is 15.7. The highest BCUT2D eigenvalue weighted by molar-refractivity contribution is 5.99. The topological polar surface area (TPSA) is 32.6 Å². The van der Waals surface area contributed by atoms with E-state index in [0.29, 0.717) is 5.71 Å². The Kier molecular flexibility index (Phi) is 5.27. The number of oxime groups is 1. The van der Waals surface area contributed by atoms with E-state index in [1.165, 1.54) is 60.8 Å². The molecule has 0 fully saturated rings. The molecule has 2 aromatic rings. The van der Waals surface area contributed by atoms with Crippen molar-refractivity contribution in [2.24, 2.45) is 5.16 Å². The van der Waals surface area contributed by atoms with E-state index in [2.05, 4.69) is 61.5 Å². The molecule has 0 aliphatic heterocycles. The predicted molar refractivity (Wildman–Crippen MR) is 106 cm³/mol. The van der Waals surface area contributed by atoms with Gasteiger partial charge in [0.15, 0.2) is 0 Å². The predicted octanol–water partition coefficient (Wildman–Crippen LogP) is 6.53. The Morgan fingerprint density at radius 1 is 0.920 bits per heavy atom. The van der Waals surface area contributed by atoms with Gasteiger partial charge in [0.25, 0.3) is 0 Å². The van der Waals surface area contributed by atoms with Crippen LogP contribution in [0.15, 0.2) is 47.6 Å². The SMILES string of the molecule is CCCCC1(CCCC)c2ccccc2-c2ccc(/C(C)=N/O)cc21. The second-order valence-electron chi connectivity index (χ2n) is 7.28. The van der Waals surface area contributed by atoms with Gasteiger partial charge < -0.3 is 5.21 Å². The van der Waals surface area contributed by atoms with Gasteiger partial charge in [-0.05, 0) is 53.6 Å². The molecule has 0 amide bonds. The minimum Gasteiger partial charge on any atom is -0.411 e. The second kappa shape index (κ2) is 7.43. The van der Waals surface area contributed by atoms with Crippen LogP contribution in [0.3, 0.4) is 0 Å². The molecule has 0 spiro atoms. The first kappa shape index (κ1) is 17.7. The maximum atomic E-state index is 9.21. The molecule has 0 aromatic heterocycles. The molecule has 0 atom stereocenters. The number of benzene rings is 2. The lowest BCUT2D eigenvalue weighted by Gasteiger charge is -2.33. The number of hydrogen-bond acceptors (Lipinski definition) is 2. The minimum atomic E-state index is 0.101. The molecule has 2 heteroatoms. The Morgan fingerprint density at radius 2 is 1.56 bits per heavy atom. The summed E-state index contributed by atoms with van der Waals surface area (Å²) in [6.07, 6.45) is 7.26. The van der Waals surface area contributed by atoms with Crippen molar-refractivity contribution >= 4 is 5.71 Å². The van der Waals surface area contributed by atoms with Crippen LogP contribution < -0.4 is 0 Å². The van der Waals surface area contributed by atoms with Crippen LogP contribution in [0.4, 0.5) is 0 Å².